The van der Waals surface area contributed by atoms with Crippen molar-refractivity contribution < 1.29 is 17.9 Å². The van der Waals surface area contributed by atoms with Crippen molar-refractivity contribution in [2.75, 3.05) is 6.26 Å². The van der Waals surface area contributed by atoms with Crippen LogP contribution in [0.1, 0.15) is 44.3 Å². The lowest BCUT2D eigenvalue weighted by molar-refractivity contribution is 0.151. The number of aliphatic hydroxyl groups is 1. The first-order valence-corrected chi connectivity index (χ1v) is 9.61. The molecule has 0 aliphatic heterocycles. The van der Waals surface area contributed by atoms with Gasteiger partial charge in [0.05, 0.1) is 11.4 Å². The second-order valence-corrected chi connectivity index (χ2v) is 8.54. The second-order valence-electron chi connectivity index (χ2n) is 6.28. The molecule has 4 atom stereocenters. The fourth-order valence-corrected chi connectivity index (χ4v) is 4.62. The van der Waals surface area contributed by atoms with Gasteiger partial charge in [-0.2, -0.15) is 0 Å². The maximum atomic E-state index is 12.9. The van der Waals surface area contributed by atoms with Crippen LogP contribution in [-0.4, -0.2) is 37.1 Å². The Morgan fingerprint density at radius 3 is 2.55 bits per heavy atom. The Balaban J connectivity index is 1.92. The van der Waals surface area contributed by atoms with E-state index in [4.69, 9.17) is 0 Å². The predicted octanol–water partition coefficient (Wildman–Crippen LogP) is 2.19. The largest absolute Gasteiger partial charge is 0.388 e. The smallest absolute Gasteiger partial charge is 0.151 e. The molecule has 0 spiro atoms. The number of aliphatic hydroxyl groups excluding tert-OH is 1. The third kappa shape index (κ3) is 4.51. The van der Waals surface area contributed by atoms with Gasteiger partial charge in [0.2, 0.25) is 0 Å². The fourth-order valence-electron chi connectivity index (χ4n) is 3.22. The summed E-state index contributed by atoms with van der Waals surface area (Å²) in [5, 5.41) is 13.2. The van der Waals surface area contributed by atoms with Gasteiger partial charge in [0.1, 0.15) is 5.82 Å². The molecule has 0 amide bonds. The molecule has 124 valence electrons. The molecule has 2 N–H and O–H groups in total. The van der Waals surface area contributed by atoms with Gasteiger partial charge in [-0.25, -0.2) is 12.8 Å². The van der Waals surface area contributed by atoms with Crippen molar-refractivity contribution in [2.45, 2.75) is 56.0 Å². The lowest BCUT2D eigenvalue weighted by atomic mass is 10.0. The van der Waals surface area contributed by atoms with Gasteiger partial charge in [-0.3, -0.25) is 0 Å². The van der Waals surface area contributed by atoms with Crippen molar-refractivity contribution in [3.8, 4) is 0 Å². The summed E-state index contributed by atoms with van der Waals surface area (Å²) in [5.74, 6) is -0.330. The normalized spacial score (nSPS) is 25.1. The lowest BCUT2D eigenvalue weighted by Crippen LogP contribution is -2.44. The molecular weight excluding hydrogens is 305 g/mol. The van der Waals surface area contributed by atoms with Crippen molar-refractivity contribution in [1.82, 2.24) is 5.32 Å². The molecule has 1 saturated carbocycles. The van der Waals surface area contributed by atoms with E-state index in [1.165, 1.54) is 18.4 Å². The van der Waals surface area contributed by atoms with Crippen LogP contribution < -0.4 is 5.32 Å². The van der Waals surface area contributed by atoms with E-state index < -0.39 is 15.9 Å². The molecule has 0 radical (unpaired) electrons. The Hall–Kier alpha value is -0.980. The van der Waals surface area contributed by atoms with Gasteiger partial charge in [-0.05, 0) is 43.9 Å². The van der Waals surface area contributed by atoms with Crippen molar-refractivity contribution in [1.29, 1.82) is 0 Å². The summed E-state index contributed by atoms with van der Waals surface area (Å²) >= 11 is 0. The Kier molecular flexibility index (Phi) is 5.58. The molecule has 2 rings (SSSR count). The highest BCUT2D eigenvalue weighted by molar-refractivity contribution is 7.91. The minimum absolute atomic E-state index is 0.0209. The second kappa shape index (κ2) is 7.06. The van der Waals surface area contributed by atoms with Crippen molar-refractivity contribution >= 4 is 9.84 Å². The van der Waals surface area contributed by atoms with Crippen molar-refractivity contribution in [2.24, 2.45) is 0 Å². The highest BCUT2D eigenvalue weighted by Gasteiger charge is 2.35. The summed E-state index contributed by atoms with van der Waals surface area (Å²) in [7, 11) is -3.05. The molecule has 0 saturated heterocycles. The van der Waals surface area contributed by atoms with Crippen molar-refractivity contribution in [3.05, 3.63) is 35.6 Å². The molecule has 4 unspecified atom stereocenters. The summed E-state index contributed by atoms with van der Waals surface area (Å²) in [4.78, 5) is 0. The summed E-state index contributed by atoms with van der Waals surface area (Å²) in [6.07, 6.45) is 3.50. The molecule has 6 heteroatoms. The van der Waals surface area contributed by atoms with Gasteiger partial charge >= 0.3 is 0 Å². The number of benzene rings is 1. The van der Waals surface area contributed by atoms with Crippen LogP contribution in [-0.2, 0) is 9.84 Å². The molecule has 1 fully saturated rings. The van der Waals surface area contributed by atoms with E-state index in [2.05, 4.69) is 5.32 Å². The minimum Gasteiger partial charge on any atom is -0.388 e. The summed E-state index contributed by atoms with van der Waals surface area (Å²) in [6.45, 7) is 1.93. The zero-order chi connectivity index (χ0) is 16.3. The number of hydrogen-bond donors (Lipinski definition) is 2. The zero-order valence-electron chi connectivity index (χ0n) is 13.0. The first-order valence-electron chi connectivity index (χ1n) is 7.66. The molecule has 1 aromatic rings. The molecule has 0 heterocycles. The van der Waals surface area contributed by atoms with E-state index in [1.54, 1.807) is 12.1 Å². The molecule has 1 aromatic carbocycles. The van der Waals surface area contributed by atoms with E-state index in [0.29, 0.717) is 18.4 Å². The average Bonchev–Trinajstić information content (AvgIpc) is 2.87. The third-order valence-corrected chi connectivity index (χ3v) is 6.00. The monoisotopic (exact) mass is 329 g/mol. The first-order chi connectivity index (χ1) is 10.3. The topological polar surface area (TPSA) is 66.4 Å². The summed E-state index contributed by atoms with van der Waals surface area (Å²) in [5.41, 5.74) is 0.668. The SMILES string of the molecule is CC(CC(O)c1ccc(F)cc1)NC1CCCC1S(C)(=O)=O. The summed E-state index contributed by atoms with van der Waals surface area (Å²) in [6, 6.07) is 5.72. The van der Waals surface area contributed by atoms with E-state index >= 15 is 0 Å². The maximum absolute atomic E-state index is 12.9. The van der Waals surface area contributed by atoms with E-state index in [0.717, 1.165) is 12.8 Å². The van der Waals surface area contributed by atoms with Crippen LogP contribution in [0, 0.1) is 5.82 Å². The van der Waals surface area contributed by atoms with Gasteiger partial charge < -0.3 is 10.4 Å². The lowest BCUT2D eigenvalue weighted by Gasteiger charge is -2.25. The van der Waals surface area contributed by atoms with Crippen LogP contribution in [0.2, 0.25) is 0 Å². The number of sulfone groups is 1. The standard InChI is InChI=1S/C16H24FNO3S/c1-11(10-15(19)12-6-8-13(17)9-7-12)18-14-4-3-5-16(14)22(2,20)21/h6-9,11,14-16,18-19H,3-5,10H2,1-2H3. The van der Waals surface area contributed by atoms with Crippen LogP contribution in [0.4, 0.5) is 4.39 Å². The molecule has 1 aliphatic rings. The van der Waals surface area contributed by atoms with E-state index in [9.17, 15) is 17.9 Å². The maximum Gasteiger partial charge on any atom is 0.151 e. The van der Waals surface area contributed by atoms with Gasteiger partial charge in [-0.1, -0.05) is 18.6 Å². The molecule has 1 aliphatic carbocycles. The number of halogens is 1. The van der Waals surface area contributed by atoms with Crippen molar-refractivity contribution in [3.63, 3.8) is 0 Å². The average molecular weight is 329 g/mol. The van der Waals surface area contributed by atoms with Gasteiger partial charge in [0, 0.05) is 18.3 Å². The van der Waals surface area contributed by atoms with Crippen LogP contribution in [0.3, 0.4) is 0 Å². The van der Waals surface area contributed by atoms with Crippen LogP contribution in [0.15, 0.2) is 24.3 Å². The Morgan fingerprint density at radius 1 is 1.32 bits per heavy atom. The number of rotatable bonds is 6. The molecule has 4 nitrogen and oxygen atoms in total. The van der Waals surface area contributed by atoms with Gasteiger partial charge in [0.15, 0.2) is 9.84 Å². The van der Waals surface area contributed by atoms with Crippen LogP contribution in [0.25, 0.3) is 0 Å². The highest BCUT2D eigenvalue weighted by atomic mass is 32.2. The number of nitrogens with one attached hydrogen (secondary N) is 1. The van der Waals surface area contributed by atoms with Gasteiger partial charge in [-0.15, -0.1) is 0 Å². The Labute approximate surface area is 131 Å². The Bertz CT molecular complexity index is 588. The number of hydrogen-bond acceptors (Lipinski definition) is 4. The molecular formula is C16H24FNO3S. The highest BCUT2D eigenvalue weighted by Crippen LogP contribution is 2.26. The van der Waals surface area contributed by atoms with E-state index in [1.807, 2.05) is 6.92 Å². The quantitative estimate of drug-likeness (QED) is 0.840. The predicted molar refractivity (Wildman–Crippen MR) is 84.8 cm³/mol. The fraction of sp³-hybridized carbons (Fsp3) is 0.625. The third-order valence-electron chi connectivity index (χ3n) is 4.33. The minimum atomic E-state index is -3.05. The van der Waals surface area contributed by atoms with Gasteiger partial charge in [0.25, 0.3) is 0 Å². The summed E-state index contributed by atoms with van der Waals surface area (Å²) < 4.78 is 36.4. The molecule has 22 heavy (non-hydrogen) atoms. The Morgan fingerprint density at radius 2 is 1.95 bits per heavy atom. The molecule has 0 bridgehead atoms. The van der Waals surface area contributed by atoms with E-state index in [-0.39, 0.29) is 23.2 Å². The first kappa shape index (κ1) is 17.4. The van der Waals surface area contributed by atoms with Crippen LogP contribution in [0.5, 0.6) is 0 Å². The molecule has 0 aromatic heterocycles. The zero-order valence-corrected chi connectivity index (χ0v) is 13.8. The van der Waals surface area contributed by atoms with Crippen LogP contribution >= 0.6 is 0 Å².